The van der Waals surface area contributed by atoms with E-state index in [1.807, 2.05) is 6.92 Å². The third kappa shape index (κ3) is 3.47. The Bertz CT molecular complexity index is 210. The van der Waals surface area contributed by atoms with Crippen molar-refractivity contribution in [1.29, 1.82) is 0 Å². The molecule has 0 radical (unpaired) electrons. The topological polar surface area (TPSA) is 49.8 Å². The molecule has 0 aromatic carbocycles. The molecule has 0 saturated carbocycles. The molecule has 0 atom stereocenters. The van der Waals surface area contributed by atoms with Crippen molar-refractivity contribution < 1.29 is 14.6 Å². The Morgan fingerprint density at radius 1 is 1.40 bits per heavy atom. The van der Waals surface area contributed by atoms with E-state index < -0.39 is 11.6 Å². The maximum Gasteiger partial charge on any atom is 0.306 e. The molecule has 0 aromatic rings. The molecular weight excluding hydrogens is 194 g/mol. The predicted molar refractivity (Wildman–Crippen MR) is 58.0 cm³/mol. The number of aliphatic carboxylic acids is 1. The minimum Gasteiger partial charge on any atom is -0.481 e. The summed E-state index contributed by atoms with van der Waals surface area (Å²) in [5.41, 5.74) is -0.410. The minimum atomic E-state index is -0.756. The molecule has 15 heavy (non-hydrogen) atoms. The molecule has 0 unspecified atom stereocenters. The molecule has 0 bridgehead atoms. The standard InChI is InChI=1S/C11H21NO3/c1-3-12-7-5-11(6-8-12,15-4-2)9-10(13)14/h3-9H2,1-2H3,(H,13,14). The SMILES string of the molecule is CCOC1(CC(=O)O)CCN(CC)CC1. The Kier molecular flexibility index (Phi) is 4.54. The third-order valence-corrected chi connectivity index (χ3v) is 3.14. The number of hydrogen-bond acceptors (Lipinski definition) is 3. The van der Waals surface area contributed by atoms with E-state index in [4.69, 9.17) is 9.84 Å². The zero-order chi connectivity index (χ0) is 11.3. The van der Waals surface area contributed by atoms with E-state index in [-0.39, 0.29) is 6.42 Å². The van der Waals surface area contributed by atoms with Crippen molar-refractivity contribution in [3.05, 3.63) is 0 Å². The van der Waals surface area contributed by atoms with Crippen LogP contribution in [0, 0.1) is 0 Å². The number of ether oxygens (including phenoxy) is 1. The van der Waals surface area contributed by atoms with Gasteiger partial charge in [-0.1, -0.05) is 6.92 Å². The van der Waals surface area contributed by atoms with Crippen LogP contribution >= 0.6 is 0 Å². The second-order valence-electron chi connectivity index (χ2n) is 4.12. The number of likely N-dealkylation sites (tertiary alicyclic amines) is 1. The highest BCUT2D eigenvalue weighted by Crippen LogP contribution is 2.29. The Hall–Kier alpha value is -0.610. The fraction of sp³-hybridized carbons (Fsp3) is 0.909. The minimum absolute atomic E-state index is 0.137. The molecule has 1 N–H and O–H groups in total. The predicted octanol–water partition coefficient (Wildman–Crippen LogP) is 1.35. The fourth-order valence-corrected chi connectivity index (χ4v) is 2.23. The lowest BCUT2D eigenvalue weighted by atomic mass is 9.88. The van der Waals surface area contributed by atoms with E-state index in [1.165, 1.54) is 0 Å². The maximum atomic E-state index is 10.8. The Balaban J connectivity index is 2.55. The molecule has 88 valence electrons. The van der Waals surface area contributed by atoms with Crippen LogP contribution in [0.1, 0.15) is 33.1 Å². The van der Waals surface area contributed by atoms with Crippen molar-refractivity contribution in [2.45, 2.75) is 38.7 Å². The summed E-state index contributed by atoms with van der Waals surface area (Å²) in [6.45, 7) is 7.59. The van der Waals surface area contributed by atoms with Gasteiger partial charge >= 0.3 is 5.97 Å². The summed E-state index contributed by atoms with van der Waals surface area (Å²) in [6.07, 6.45) is 1.81. The number of carboxylic acid groups (broad SMARTS) is 1. The molecule has 1 heterocycles. The number of carbonyl (C=O) groups is 1. The smallest absolute Gasteiger partial charge is 0.306 e. The Labute approximate surface area is 91.2 Å². The van der Waals surface area contributed by atoms with Crippen LogP contribution in [0.4, 0.5) is 0 Å². The summed E-state index contributed by atoms with van der Waals surface area (Å²) in [7, 11) is 0. The zero-order valence-electron chi connectivity index (χ0n) is 9.66. The van der Waals surface area contributed by atoms with Crippen LogP contribution in [0.2, 0.25) is 0 Å². The van der Waals surface area contributed by atoms with Crippen LogP contribution in [-0.2, 0) is 9.53 Å². The average Bonchev–Trinajstić information content (AvgIpc) is 2.18. The van der Waals surface area contributed by atoms with Gasteiger partial charge in [0.25, 0.3) is 0 Å². The van der Waals surface area contributed by atoms with Gasteiger partial charge in [-0.05, 0) is 26.3 Å². The second kappa shape index (κ2) is 5.47. The summed E-state index contributed by atoms with van der Waals surface area (Å²) in [6, 6.07) is 0. The molecule has 0 spiro atoms. The van der Waals surface area contributed by atoms with Crippen molar-refractivity contribution in [1.82, 2.24) is 4.90 Å². The molecule has 1 rings (SSSR count). The fourth-order valence-electron chi connectivity index (χ4n) is 2.23. The van der Waals surface area contributed by atoms with Crippen LogP contribution < -0.4 is 0 Å². The van der Waals surface area contributed by atoms with Gasteiger partial charge in [0.1, 0.15) is 0 Å². The van der Waals surface area contributed by atoms with E-state index in [0.717, 1.165) is 32.5 Å². The van der Waals surface area contributed by atoms with Crippen molar-refractivity contribution in [3.8, 4) is 0 Å². The summed E-state index contributed by atoms with van der Waals surface area (Å²) >= 11 is 0. The molecule has 0 aliphatic carbocycles. The monoisotopic (exact) mass is 215 g/mol. The van der Waals surface area contributed by atoms with Crippen LogP contribution in [0.3, 0.4) is 0 Å². The van der Waals surface area contributed by atoms with Crippen LogP contribution in [0.25, 0.3) is 0 Å². The first-order chi connectivity index (χ1) is 7.12. The molecule has 1 aliphatic heterocycles. The maximum absolute atomic E-state index is 10.8. The number of piperidine rings is 1. The Morgan fingerprint density at radius 2 is 2.00 bits per heavy atom. The third-order valence-electron chi connectivity index (χ3n) is 3.14. The molecule has 1 fully saturated rings. The van der Waals surface area contributed by atoms with E-state index in [2.05, 4.69) is 11.8 Å². The lowest BCUT2D eigenvalue weighted by Gasteiger charge is -2.40. The van der Waals surface area contributed by atoms with Gasteiger partial charge in [-0.25, -0.2) is 0 Å². The lowest BCUT2D eigenvalue weighted by Crippen LogP contribution is -2.47. The first-order valence-electron chi connectivity index (χ1n) is 5.70. The molecule has 4 heteroatoms. The summed E-state index contributed by atoms with van der Waals surface area (Å²) in [5.74, 6) is -0.756. The van der Waals surface area contributed by atoms with Gasteiger partial charge in [-0.2, -0.15) is 0 Å². The molecule has 1 saturated heterocycles. The summed E-state index contributed by atoms with van der Waals surface area (Å²) in [4.78, 5) is 13.1. The molecule has 0 amide bonds. The summed E-state index contributed by atoms with van der Waals surface area (Å²) in [5, 5.41) is 8.89. The normalized spacial score (nSPS) is 21.5. The number of hydrogen-bond donors (Lipinski definition) is 1. The van der Waals surface area contributed by atoms with Crippen LogP contribution in [0.5, 0.6) is 0 Å². The van der Waals surface area contributed by atoms with Crippen molar-refractivity contribution in [2.75, 3.05) is 26.2 Å². The molecule has 0 aromatic heterocycles. The summed E-state index contributed by atoms with van der Waals surface area (Å²) < 4.78 is 5.67. The number of carboxylic acids is 1. The number of rotatable bonds is 5. The lowest BCUT2D eigenvalue weighted by molar-refractivity contribution is -0.149. The van der Waals surface area contributed by atoms with Gasteiger partial charge in [0.2, 0.25) is 0 Å². The van der Waals surface area contributed by atoms with Gasteiger partial charge in [0, 0.05) is 19.7 Å². The molecule has 4 nitrogen and oxygen atoms in total. The molecular formula is C11H21NO3. The van der Waals surface area contributed by atoms with Gasteiger partial charge in [-0.15, -0.1) is 0 Å². The van der Waals surface area contributed by atoms with Crippen molar-refractivity contribution in [3.63, 3.8) is 0 Å². The van der Waals surface area contributed by atoms with Gasteiger partial charge in [0.05, 0.1) is 12.0 Å². The second-order valence-corrected chi connectivity index (χ2v) is 4.12. The quantitative estimate of drug-likeness (QED) is 0.752. The first kappa shape index (κ1) is 12.5. The first-order valence-corrected chi connectivity index (χ1v) is 5.70. The largest absolute Gasteiger partial charge is 0.481 e. The highest BCUT2D eigenvalue weighted by molar-refractivity contribution is 5.68. The van der Waals surface area contributed by atoms with Crippen molar-refractivity contribution in [2.24, 2.45) is 0 Å². The number of nitrogens with zero attached hydrogens (tertiary/aromatic N) is 1. The van der Waals surface area contributed by atoms with E-state index in [1.54, 1.807) is 0 Å². The van der Waals surface area contributed by atoms with Crippen LogP contribution in [0.15, 0.2) is 0 Å². The van der Waals surface area contributed by atoms with Gasteiger partial charge in [0.15, 0.2) is 0 Å². The van der Waals surface area contributed by atoms with E-state index in [0.29, 0.717) is 6.61 Å². The highest BCUT2D eigenvalue weighted by Gasteiger charge is 2.36. The zero-order valence-corrected chi connectivity index (χ0v) is 9.66. The average molecular weight is 215 g/mol. The molecule has 1 aliphatic rings. The van der Waals surface area contributed by atoms with Gasteiger partial charge in [-0.3, -0.25) is 4.79 Å². The Morgan fingerprint density at radius 3 is 2.40 bits per heavy atom. The van der Waals surface area contributed by atoms with Crippen molar-refractivity contribution >= 4 is 5.97 Å². The van der Waals surface area contributed by atoms with Crippen LogP contribution in [-0.4, -0.2) is 47.8 Å². The van der Waals surface area contributed by atoms with Gasteiger partial charge < -0.3 is 14.7 Å². The highest BCUT2D eigenvalue weighted by atomic mass is 16.5. The van der Waals surface area contributed by atoms with E-state index in [9.17, 15) is 4.79 Å². The van der Waals surface area contributed by atoms with E-state index >= 15 is 0 Å².